The van der Waals surface area contributed by atoms with E-state index in [1.807, 2.05) is 0 Å². The maximum Gasteiger partial charge on any atom is 0.275 e. The van der Waals surface area contributed by atoms with Crippen LogP contribution < -0.4 is 4.72 Å². The van der Waals surface area contributed by atoms with E-state index in [1.54, 1.807) is 0 Å². The summed E-state index contributed by atoms with van der Waals surface area (Å²) in [4.78, 5) is 9.89. The van der Waals surface area contributed by atoms with Gasteiger partial charge in [-0.05, 0) is 13.0 Å². The second-order valence-electron chi connectivity index (χ2n) is 3.96. The van der Waals surface area contributed by atoms with Crippen molar-refractivity contribution in [3.63, 3.8) is 0 Å². The van der Waals surface area contributed by atoms with Crippen molar-refractivity contribution in [2.24, 2.45) is 0 Å². The summed E-state index contributed by atoms with van der Waals surface area (Å²) in [5.41, 5.74) is -0.179. The minimum atomic E-state index is -3.99. The molecule has 10 nitrogen and oxygen atoms in total. The average molecular weight is 333 g/mol. The molecule has 2 rings (SSSR count). The lowest BCUT2D eigenvalue weighted by Crippen LogP contribution is -2.24. The molecule has 0 bridgehead atoms. The molecule has 0 saturated heterocycles. The Kier molecular flexibility index (Phi) is 4.16. The highest BCUT2D eigenvalue weighted by Crippen LogP contribution is 2.29. The van der Waals surface area contributed by atoms with Crippen LogP contribution in [-0.2, 0) is 16.6 Å². The van der Waals surface area contributed by atoms with Gasteiger partial charge in [0.05, 0.1) is 21.4 Å². The maximum absolute atomic E-state index is 12.1. The van der Waals surface area contributed by atoms with Gasteiger partial charge in [0.25, 0.3) is 5.69 Å². The first-order valence-corrected chi connectivity index (χ1v) is 7.34. The van der Waals surface area contributed by atoms with Gasteiger partial charge in [0, 0.05) is 11.6 Å². The Balaban J connectivity index is 2.33. The molecule has 0 aliphatic heterocycles. The van der Waals surface area contributed by atoms with E-state index in [0.717, 1.165) is 12.1 Å². The standard InChI is InChI=1S/C9H9ClN6O4S/c1-5-7(10)2-6(3-8(5)16(17)18)21(19,20)11-4-9-12-14-15-13-9/h2-3,11H,4H2,1H3,(H,12,13,14,15). The van der Waals surface area contributed by atoms with Gasteiger partial charge in [0.1, 0.15) is 0 Å². The SMILES string of the molecule is Cc1c(Cl)cc(S(=O)(=O)NCc2nn[nH]n2)cc1[N+](=O)[O-]. The molecule has 2 N–H and O–H groups in total. The molecule has 1 aromatic heterocycles. The molecule has 0 atom stereocenters. The second-order valence-corrected chi connectivity index (χ2v) is 6.13. The smallest absolute Gasteiger partial charge is 0.258 e. The van der Waals surface area contributed by atoms with E-state index in [0.29, 0.717) is 0 Å². The third-order valence-electron chi connectivity index (χ3n) is 2.61. The largest absolute Gasteiger partial charge is 0.275 e. The van der Waals surface area contributed by atoms with Crippen molar-refractivity contribution in [1.29, 1.82) is 0 Å². The van der Waals surface area contributed by atoms with Gasteiger partial charge in [0.15, 0.2) is 5.82 Å². The predicted octanol–water partition coefficient (Wildman–Crippen LogP) is 0.548. The molecule has 0 fully saturated rings. The molecule has 21 heavy (non-hydrogen) atoms. The van der Waals surface area contributed by atoms with Crippen molar-refractivity contribution in [2.75, 3.05) is 0 Å². The number of tetrazole rings is 1. The Labute approximate surface area is 123 Å². The van der Waals surface area contributed by atoms with E-state index in [-0.39, 0.29) is 33.5 Å². The third kappa shape index (κ3) is 3.32. The number of hydrogen-bond donors (Lipinski definition) is 2. The van der Waals surface area contributed by atoms with Crippen LogP contribution in [0.2, 0.25) is 5.02 Å². The number of aromatic nitrogens is 4. The number of benzene rings is 1. The average Bonchev–Trinajstić information content (AvgIpc) is 2.92. The van der Waals surface area contributed by atoms with Crippen molar-refractivity contribution < 1.29 is 13.3 Å². The van der Waals surface area contributed by atoms with Crippen molar-refractivity contribution in [1.82, 2.24) is 25.3 Å². The van der Waals surface area contributed by atoms with E-state index >= 15 is 0 Å². The number of halogens is 1. The zero-order chi connectivity index (χ0) is 15.6. The number of hydrogen-bond acceptors (Lipinski definition) is 7. The Morgan fingerprint density at radius 2 is 2.19 bits per heavy atom. The second kappa shape index (κ2) is 5.71. The zero-order valence-electron chi connectivity index (χ0n) is 10.6. The Hall–Kier alpha value is -2.11. The van der Waals surface area contributed by atoms with Crippen molar-refractivity contribution in [3.8, 4) is 0 Å². The van der Waals surface area contributed by atoms with Crippen LogP contribution in [0.5, 0.6) is 0 Å². The maximum atomic E-state index is 12.1. The molecule has 0 radical (unpaired) electrons. The Morgan fingerprint density at radius 3 is 2.76 bits per heavy atom. The van der Waals surface area contributed by atoms with Gasteiger partial charge in [-0.1, -0.05) is 16.8 Å². The van der Waals surface area contributed by atoms with E-state index in [4.69, 9.17) is 11.6 Å². The van der Waals surface area contributed by atoms with Gasteiger partial charge in [0.2, 0.25) is 10.0 Å². The molecule has 0 saturated carbocycles. The number of H-pyrrole nitrogens is 1. The van der Waals surface area contributed by atoms with Crippen LogP contribution in [0, 0.1) is 17.0 Å². The normalized spacial score (nSPS) is 11.5. The number of nitro groups is 1. The Morgan fingerprint density at radius 1 is 1.48 bits per heavy atom. The van der Waals surface area contributed by atoms with Gasteiger partial charge in [-0.25, -0.2) is 13.1 Å². The summed E-state index contributed by atoms with van der Waals surface area (Å²) < 4.78 is 26.4. The van der Waals surface area contributed by atoms with Gasteiger partial charge >= 0.3 is 0 Å². The first kappa shape index (κ1) is 15.3. The summed E-state index contributed by atoms with van der Waals surface area (Å²) in [5, 5.41) is 23.5. The van der Waals surface area contributed by atoms with Crippen LogP contribution in [0.1, 0.15) is 11.4 Å². The van der Waals surface area contributed by atoms with E-state index < -0.39 is 14.9 Å². The third-order valence-corrected chi connectivity index (χ3v) is 4.38. The lowest BCUT2D eigenvalue weighted by Gasteiger charge is -2.07. The summed E-state index contributed by atoms with van der Waals surface area (Å²) in [5.74, 6) is 0.131. The number of rotatable bonds is 5. The summed E-state index contributed by atoms with van der Waals surface area (Å²) in [6.45, 7) is 1.22. The molecule has 1 heterocycles. The molecular weight excluding hydrogens is 324 g/mol. The van der Waals surface area contributed by atoms with Crippen molar-refractivity contribution >= 4 is 27.3 Å². The van der Waals surface area contributed by atoms with Crippen LogP contribution >= 0.6 is 11.6 Å². The molecular formula is C9H9ClN6O4S. The van der Waals surface area contributed by atoms with Gasteiger partial charge < -0.3 is 0 Å². The quantitative estimate of drug-likeness (QED) is 0.600. The molecule has 0 aliphatic rings. The van der Waals surface area contributed by atoms with Gasteiger partial charge in [-0.3, -0.25) is 10.1 Å². The van der Waals surface area contributed by atoms with E-state index in [1.165, 1.54) is 6.92 Å². The topological polar surface area (TPSA) is 144 Å². The minimum Gasteiger partial charge on any atom is -0.258 e. The van der Waals surface area contributed by atoms with Gasteiger partial charge in [-0.15, -0.1) is 10.2 Å². The summed E-state index contributed by atoms with van der Waals surface area (Å²) in [7, 11) is -3.99. The van der Waals surface area contributed by atoms with Crippen molar-refractivity contribution in [2.45, 2.75) is 18.4 Å². The summed E-state index contributed by atoms with van der Waals surface area (Å²) in [6.07, 6.45) is 0. The minimum absolute atomic E-state index is 0.0101. The van der Waals surface area contributed by atoms with Crippen molar-refractivity contribution in [3.05, 3.63) is 38.7 Å². The van der Waals surface area contributed by atoms with Gasteiger partial charge in [-0.2, -0.15) is 5.21 Å². The highest BCUT2D eigenvalue weighted by atomic mass is 35.5. The predicted molar refractivity (Wildman–Crippen MR) is 71.0 cm³/mol. The Bertz CT molecular complexity index is 776. The van der Waals surface area contributed by atoms with Crippen LogP contribution in [0.3, 0.4) is 0 Å². The number of nitrogens with zero attached hydrogens (tertiary/aromatic N) is 4. The lowest BCUT2D eigenvalue weighted by atomic mass is 10.2. The molecule has 0 spiro atoms. The van der Waals surface area contributed by atoms with Crippen LogP contribution in [0.25, 0.3) is 0 Å². The summed E-state index contributed by atoms with van der Waals surface area (Å²) in [6, 6.07) is 2.09. The molecule has 0 amide bonds. The fourth-order valence-electron chi connectivity index (χ4n) is 1.49. The zero-order valence-corrected chi connectivity index (χ0v) is 12.1. The van der Waals surface area contributed by atoms with Crippen LogP contribution in [0.15, 0.2) is 17.0 Å². The number of aromatic amines is 1. The number of nitrogens with one attached hydrogen (secondary N) is 2. The first-order chi connectivity index (χ1) is 9.81. The molecule has 12 heteroatoms. The lowest BCUT2D eigenvalue weighted by molar-refractivity contribution is -0.385. The highest BCUT2D eigenvalue weighted by molar-refractivity contribution is 7.89. The monoisotopic (exact) mass is 332 g/mol. The number of nitro benzene ring substituents is 1. The van der Waals surface area contributed by atoms with E-state index in [2.05, 4.69) is 25.3 Å². The molecule has 2 aromatic rings. The van der Waals surface area contributed by atoms with E-state index in [9.17, 15) is 18.5 Å². The first-order valence-electron chi connectivity index (χ1n) is 5.48. The fourth-order valence-corrected chi connectivity index (χ4v) is 2.79. The fraction of sp³-hybridized carbons (Fsp3) is 0.222. The summed E-state index contributed by atoms with van der Waals surface area (Å²) >= 11 is 5.83. The number of sulfonamides is 1. The molecule has 0 aliphatic carbocycles. The highest BCUT2D eigenvalue weighted by Gasteiger charge is 2.22. The van der Waals surface area contributed by atoms with Crippen LogP contribution in [0.4, 0.5) is 5.69 Å². The molecule has 1 aromatic carbocycles. The molecule has 0 unspecified atom stereocenters. The molecule has 112 valence electrons. The van der Waals surface area contributed by atoms with Crippen LogP contribution in [-0.4, -0.2) is 34.0 Å².